The van der Waals surface area contributed by atoms with E-state index in [2.05, 4.69) is 5.32 Å². The van der Waals surface area contributed by atoms with Crippen LogP contribution in [-0.2, 0) is 27.8 Å². The molecule has 8 heteroatoms. The Balaban J connectivity index is 1.61. The molecule has 0 radical (unpaired) electrons. The van der Waals surface area contributed by atoms with Gasteiger partial charge >= 0.3 is 0 Å². The Morgan fingerprint density at radius 3 is 2.19 bits per heavy atom. The molecule has 1 fully saturated rings. The molecule has 0 aliphatic carbocycles. The van der Waals surface area contributed by atoms with Gasteiger partial charge in [-0.25, -0.2) is 8.42 Å². The highest BCUT2D eigenvalue weighted by Crippen LogP contribution is 2.24. The molecule has 0 unspecified atom stereocenters. The number of morpholine rings is 1. The van der Waals surface area contributed by atoms with Gasteiger partial charge < -0.3 is 10.1 Å². The largest absolute Gasteiger partial charge is 0.379 e. The summed E-state index contributed by atoms with van der Waals surface area (Å²) in [7, 11) is -3.46. The lowest BCUT2D eigenvalue weighted by Gasteiger charge is -2.26. The summed E-state index contributed by atoms with van der Waals surface area (Å²) in [6, 6.07) is 12.3. The van der Waals surface area contributed by atoms with Gasteiger partial charge in [0.2, 0.25) is 10.0 Å². The molecule has 5 nitrogen and oxygen atoms in total. The first kappa shape index (κ1) is 19.6. The zero-order valence-electron chi connectivity index (χ0n) is 14.1. The zero-order valence-corrected chi connectivity index (χ0v) is 16.4. The van der Waals surface area contributed by atoms with Gasteiger partial charge in [-0.2, -0.15) is 4.31 Å². The van der Waals surface area contributed by atoms with Crippen molar-refractivity contribution in [2.75, 3.05) is 26.3 Å². The number of ether oxygens (including phenoxy) is 1. The van der Waals surface area contributed by atoms with Gasteiger partial charge in [-0.15, -0.1) is 0 Å². The lowest BCUT2D eigenvalue weighted by Crippen LogP contribution is -2.40. The molecule has 0 amide bonds. The van der Waals surface area contributed by atoms with E-state index in [0.29, 0.717) is 54.3 Å². The van der Waals surface area contributed by atoms with E-state index in [1.54, 1.807) is 24.3 Å². The number of benzene rings is 2. The van der Waals surface area contributed by atoms with Crippen LogP contribution in [0.1, 0.15) is 11.1 Å². The number of nitrogens with one attached hydrogen (secondary N) is 1. The highest BCUT2D eigenvalue weighted by molar-refractivity contribution is 7.89. The Morgan fingerprint density at radius 2 is 1.58 bits per heavy atom. The summed E-state index contributed by atoms with van der Waals surface area (Å²) < 4.78 is 31.9. The normalized spacial score (nSPS) is 15.9. The average Bonchev–Trinajstić information content (AvgIpc) is 2.65. The van der Waals surface area contributed by atoms with Crippen molar-refractivity contribution in [1.82, 2.24) is 9.62 Å². The molecule has 2 aromatic rings. The highest BCUT2D eigenvalue weighted by atomic mass is 35.5. The van der Waals surface area contributed by atoms with Gasteiger partial charge in [0, 0.05) is 41.8 Å². The topological polar surface area (TPSA) is 58.6 Å². The maximum absolute atomic E-state index is 12.6. The molecule has 0 saturated carbocycles. The Hall–Kier alpha value is -1.15. The molecular weight excluding hydrogens is 395 g/mol. The van der Waals surface area contributed by atoms with Crippen LogP contribution in [0.15, 0.2) is 47.4 Å². The van der Waals surface area contributed by atoms with Crippen molar-refractivity contribution in [3.63, 3.8) is 0 Å². The second kappa shape index (κ2) is 8.69. The summed E-state index contributed by atoms with van der Waals surface area (Å²) in [5, 5.41) is 4.52. The van der Waals surface area contributed by atoms with Crippen molar-refractivity contribution in [3.05, 3.63) is 63.6 Å². The number of hydrogen-bond donors (Lipinski definition) is 1. The molecule has 1 aliphatic heterocycles. The van der Waals surface area contributed by atoms with E-state index in [9.17, 15) is 8.42 Å². The summed E-state index contributed by atoms with van der Waals surface area (Å²) in [6.45, 7) is 2.78. The van der Waals surface area contributed by atoms with Crippen LogP contribution in [0.3, 0.4) is 0 Å². The van der Waals surface area contributed by atoms with Crippen LogP contribution in [0.25, 0.3) is 0 Å². The molecule has 0 aromatic heterocycles. The Kier molecular flexibility index (Phi) is 6.55. The Labute approximate surface area is 163 Å². The SMILES string of the molecule is O=S(=O)(c1ccc(CNCc2c(Cl)cccc2Cl)cc1)N1CCOCC1. The van der Waals surface area contributed by atoms with Crippen LogP contribution in [0.2, 0.25) is 10.0 Å². The molecule has 0 atom stereocenters. The van der Waals surface area contributed by atoms with E-state index in [0.717, 1.165) is 11.1 Å². The first-order chi connectivity index (χ1) is 12.5. The van der Waals surface area contributed by atoms with Crippen molar-refractivity contribution in [3.8, 4) is 0 Å². The smallest absolute Gasteiger partial charge is 0.243 e. The van der Waals surface area contributed by atoms with Crippen LogP contribution in [-0.4, -0.2) is 39.0 Å². The van der Waals surface area contributed by atoms with Crippen LogP contribution in [0.5, 0.6) is 0 Å². The van der Waals surface area contributed by atoms with E-state index in [-0.39, 0.29) is 0 Å². The molecule has 1 saturated heterocycles. The summed E-state index contributed by atoms with van der Waals surface area (Å²) in [5.74, 6) is 0. The third-order valence-electron chi connectivity index (χ3n) is 4.22. The quantitative estimate of drug-likeness (QED) is 0.787. The van der Waals surface area contributed by atoms with Crippen molar-refractivity contribution in [2.45, 2.75) is 18.0 Å². The van der Waals surface area contributed by atoms with E-state index in [4.69, 9.17) is 27.9 Å². The minimum atomic E-state index is -3.46. The van der Waals surface area contributed by atoms with Gasteiger partial charge in [0.05, 0.1) is 18.1 Å². The van der Waals surface area contributed by atoms with Crippen molar-refractivity contribution < 1.29 is 13.2 Å². The fourth-order valence-corrected chi connectivity index (χ4v) is 4.69. The summed E-state index contributed by atoms with van der Waals surface area (Å²) in [6.07, 6.45) is 0. The minimum Gasteiger partial charge on any atom is -0.379 e. The molecular formula is C18H20Cl2N2O3S. The molecule has 1 N–H and O–H groups in total. The van der Waals surface area contributed by atoms with Crippen molar-refractivity contribution in [2.24, 2.45) is 0 Å². The summed E-state index contributed by atoms with van der Waals surface area (Å²) in [4.78, 5) is 0.303. The zero-order chi connectivity index (χ0) is 18.6. The number of halogens is 2. The maximum Gasteiger partial charge on any atom is 0.243 e. The van der Waals surface area contributed by atoms with Gasteiger partial charge in [0.1, 0.15) is 0 Å². The van der Waals surface area contributed by atoms with Crippen LogP contribution in [0, 0.1) is 0 Å². The fourth-order valence-electron chi connectivity index (χ4n) is 2.75. The van der Waals surface area contributed by atoms with Crippen LogP contribution in [0.4, 0.5) is 0 Å². The molecule has 0 spiro atoms. The first-order valence-electron chi connectivity index (χ1n) is 8.29. The van der Waals surface area contributed by atoms with E-state index >= 15 is 0 Å². The Morgan fingerprint density at radius 1 is 0.962 bits per heavy atom. The van der Waals surface area contributed by atoms with Gasteiger partial charge in [0.25, 0.3) is 0 Å². The van der Waals surface area contributed by atoms with Gasteiger partial charge in [-0.3, -0.25) is 0 Å². The Bertz CT molecular complexity index is 831. The van der Waals surface area contributed by atoms with E-state index < -0.39 is 10.0 Å². The molecule has 26 heavy (non-hydrogen) atoms. The molecule has 140 valence electrons. The predicted molar refractivity (Wildman–Crippen MR) is 103 cm³/mol. The molecule has 3 rings (SSSR count). The number of nitrogens with zero attached hydrogens (tertiary/aromatic N) is 1. The van der Waals surface area contributed by atoms with Crippen molar-refractivity contribution >= 4 is 33.2 Å². The fraction of sp³-hybridized carbons (Fsp3) is 0.333. The monoisotopic (exact) mass is 414 g/mol. The number of rotatable bonds is 6. The predicted octanol–water partition coefficient (Wildman–Crippen LogP) is 3.30. The first-order valence-corrected chi connectivity index (χ1v) is 10.5. The summed E-state index contributed by atoms with van der Waals surface area (Å²) in [5.41, 5.74) is 1.83. The summed E-state index contributed by atoms with van der Waals surface area (Å²) >= 11 is 12.3. The lowest BCUT2D eigenvalue weighted by atomic mass is 10.2. The third-order valence-corrected chi connectivity index (χ3v) is 6.84. The third kappa shape index (κ3) is 4.57. The van der Waals surface area contributed by atoms with Gasteiger partial charge in [-0.1, -0.05) is 41.4 Å². The number of hydrogen-bond acceptors (Lipinski definition) is 4. The van der Waals surface area contributed by atoms with Gasteiger partial charge in [-0.05, 0) is 29.8 Å². The van der Waals surface area contributed by atoms with Crippen LogP contribution >= 0.6 is 23.2 Å². The minimum absolute atomic E-state index is 0.303. The van der Waals surface area contributed by atoms with Gasteiger partial charge in [0.15, 0.2) is 0 Å². The highest BCUT2D eigenvalue weighted by Gasteiger charge is 2.25. The standard InChI is InChI=1S/C18H20Cl2N2O3S/c19-17-2-1-3-18(20)16(17)13-21-12-14-4-6-15(7-5-14)26(23,24)22-8-10-25-11-9-22/h1-7,21H,8-13H2. The maximum atomic E-state index is 12.6. The van der Waals surface area contributed by atoms with Crippen molar-refractivity contribution in [1.29, 1.82) is 0 Å². The molecule has 2 aromatic carbocycles. The van der Waals surface area contributed by atoms with E-state index in [1.807, 2.05) is 18.2 Å². The number of sulfonamides is 1. The average molecular weight is 415 g/mol. The lowest BCUT2D eigenvalue weighted by molar-refractivity contribution is 0.0730. The van der Waals surface area contributed by atoms with E-state index in [1.165, 1.54) is 4.31 Å². The van der Waals surface area contributed by atoms with Crippen LogP contribution < -0.4 is 5.32 Å². The molecule has 1 heterocycles. The molecule has 0 bridgehead atoms. The second-order valence-electron chi connectivity index (χ2n) is 5.96. The molecule has 1 aliphatic rings. The second-order valence-corrected chi connectivity index (χ2v) is 8.72.